The number of halogens is 1. The normalized spacial score (nSPS) is 14.2. The number of ether oxygens (including phenoxy) is 1. The first-order valence-corrected chi connectivity index (χ1v) is 7.80. The molecule has 0 heterocycles. The van der Waals surface area contributed by atoms with Gasteiger partial charge in [0.1, 0.15) is 5.82 Å². The van der Waals surface area contributed by atoms with Gasteiger partial charge in [0.05, 0.1) is 6.10 Å². The van der Waals surface area contributed by atoms with E-state index in [1.165, 1.54) is 6.07 Å². The van der Waals surface area contributed by atoms with Gasteiger partial charge in [0.2, 0.25) is 0 Å². The second-order valence-corrected chi connectivity index (χ2v) is 5.18. The molecule has 1 aromatic carbocycles. The summed E-state index contributed by atoms with van der Waals surface area (Å²) in [6.45, 7) is 8.04. The van der Waals surface area contributed by atoms with Gasteiger partial charge in [-0.15, -0.1) is 0 Å². The first kappa shape index (κ1) is 17.1. The van der Waals surface area contributed by atoms with E-state index in [0.717, 1.165) is 44.4 Å². The Morgan fingerprint density at radius 3 is 2.60 bits per heavy atom. The third-order valence-electron chi connectivity index (χ3n) is 3.40. The fraction of sp³-hybridized carbons (Fsp3) is 0.647. The average molecular weight is 281 g/mol. The van der Waals surface area contributed by atoms with E-state index in [1.54, 1.807) is 12.1 Å². The highest BCUT2D eigenvalue weighted by atomic mass is 19.1. The molecule has 3 heteroatoms. The monoisotopic (exact) mass is 281 g/mol. The first-order valence-electron chi connectivity index (χ1n) is 7.80. The fourth-order valence-electron chi connectivity index (χ4n) is 2.48. The molecule has 0 aromatic heterocycles. The zero-order valence-corrected chi connectivity index (χ0v) is 13.0. The summed E-state index contributed by atoms with van der Waals surface area (Å²) in [6, 6.07) is 7.12. The Morgan fingerprint density at radius 2 is 2.00 bits per heavy atom. The molecule has 1 rings (SSSR count). The highest BCUT2D eigenvalue weighted by molar-refractivity contribution is 5.17. The highest BCUT2D eigenvalue weighted by Crippen LogP contribution is 2.14. The molecule has 114 valence electrons. The van der Waals surface area contributed by atoms with Crippen LogP contribution >= 0.6 is 0 Å². The smallest absolute Gasteiger partial charge is 0.123 e. The quantitative estimate of drug-likeness (QED) is 0.701. The molecule has 0 radical (unpaired) electrons. The summed E-state index contributed by atoms with van der Waals surface area (Å²) in [5, 5.41) is 3.56. The van der Waals surface area contributed by atoms with Crippen molar-refractivity contribution < 1.29 is 9.13 Å². The summed E-state index contributed by atoms with van der Waals surface area (Å²) in [5.41, 5.74) is 1.03. The van der Waals surface area contributed by atoms with Crippen LogP contribution < -0.4 is 5.32 Å². The summed E-state index contributed by atoms with van der Waals surface area (Å²) in [6.07, 6.45) is 4.22. The molecule has 0 amide bonds. The molecule has 0 spiro atoms. The largest absolute Gasteiger partial charge is 0.377 e. The van der Waals surface area contributed by atoms with E-state index in [9.17, 15) is 4.39 Å². The van der Waals surface area contributed by atoms with Crippen LogP contribution in [0.2, 0.25) is 0 Å². The van der Waals surface area contributed by atoms with Crippen molar-refractivity contribution in [1.29, 1.82) is 0 Å². The minimum absolute atomic E-state index is 0.166. The van der Waals surface area contributed by atoms with Crippen LogP contribution in [0.15, 0.2) is 24.3 Å². The summed E-state index contributed by atoms with van der Waals surface area (Å²) in [7, 11) is 0. The molecule has 2 unspecified atom stereocenters. The lowest BCUT2D eigenvalue weighted by atomic mass is 9.98. The second kappa shape index (κ2) is 9.89. The molecule has 0 saturated heterocycles. The van der Waals surface area contributed by atoms with Crippen molar-refractivity contribution in [2.75, 3.05) is 13.2 Å². The predicted octanol–water partition coefficient (Wildman–Crippen LogP) is 3.94. The SMILES string of the molecule is CCCNC(Cc1cccc(F)c1)C(CCC)OCC. The van der Waals surface area contributed by atoms with Gasteiger partial charge in [-0.2, -0.15) is 0 Å². The van der Waals surface area contributed by atoms with Crippen LogP contribution in [0.3, 0.4) is 0 Å². The average Bonchev–Trinajstić information content (AvgIpc) is 2.43. The minimum Gasteiger partial charge on any atom is -0.377 e. The van der Waals surface area contributed by atoms with Crippen LogP contribution in [0, 0.1) is 5.82 Å². The van der Waals surface area contributed by atoms with Crippen LogP contribution in [-0.4, -0.2) is 25.3 Å². The fourth-order valence-corrected chi connectivity index (χ4v) is 2.48. The van der Waals surface area contributed by atoms with Crippen LogP contribution in [0.5, 0.6) is 0 Å². The molecule has 20 heavy (non-hydrogen) atoms. The lowest BCUT2D eigenvalue weighted by Crippen LogP contribution is -2.43. The van der Waals surface area contributed by atoms with E-state index in [4.69, 9.17) is 4.74 Å². The topological polar surface area (TPSA) is 21.3 Å². The van der Waals surface area contributed by atoms with Gasteiger partial charge >= 0.3 is 0 Å². The predicted molar refractivity (Wildman–Crippen MR) is 82.5 cm³/mol. The lowest BCUT2D eigenvalue weighted by Gasteiger charge is -2.28. The molecular formula is C17H28FNO. The van der Waals surface area contributed by atoms with Crippen molar-refractivity contribution in [1.82, 2.24) is 5.32 Å². The van der Waals surface area contributed by atoms with Gasteiger partial charge in [0.25, 0.3) is 0 Å². The molecule has 1 N–H and O–H groups in total. The molecule has 0 bridgehead atoms. The first-order chi connectivity index (χ1) is 9.71. The molecule has 0 aliphatic rings. The Bertz CT molecular complexity index is 364. The molecule has 0 aliphatic carbocycles. The Morgan fingerprint density at radius 1 is 1.20 bits per heavy atom. The van der Waals surface area contributed by atoms with E-state index in [-0.39, 0.29) is 18.0 Å². The van der Waals surface area contributed by atoms with E-state index in [1.807, 2.05) is 13.0 Å². The van der Waals surface area contributed by atoms with E-state index in [2.05, 4.69) is 19.2 Å². The third kappa shape index (κ3) is 6.02. The Labute approximate surface area is 122 Å². The van der Waals surface area contributed by atoms with E-state index < -0.39 is 0 Å². The van der Waals surface area contributed by atoms with Crippen molar-refractivity contribution in [3.63, 3.8) is 0 Å². The molecule has 2 nitrogen and oxygen atoms in total. The van der Waals surface area contributed by atoms with Crippen molar-refractivity contribution in [3.8, 4) is 0 Å². The summed E-state index contributed by atoms with van der Waals surface area (Å²) in [4.78, 5) is 0. The van der Waals surface area contributed by atoms with Crippen LogP contribution in [0.25, 0.3) is 0 Å². The van der Waals surface area contributed by atoms with Crippen LogP contribution in [0.4, 0.5) is 4.39 Å². The summed E-state index contributed by atoms with van der Waals surface area (Å²) < 4.78 is 19.2. The number of hydrogen-bond donors (Lipinski definition) is 1. The van der Waals surface area contributed by atoms with Gasteiger partial charge in [-0.3, -0.25) is 0 Å². The maximum absolute atomic E-state index is 13.3. The highest BCUT2D eigenvalue weighted by Gasteiger charge is 2.21. The minimum atomic E-state index is -0.166. The number of nitrogens with one attached hydrogen (secondary N) is 1. The van der Waals surface area contributed by atoms with Crippen molar-refractivity contribution in [3.05, 3.63) is 35.6 Å². The number of rotatable bonds is 10. The number of benzene rings is 1. The van der Waals surface area contributed by atoms with Gasteiger partial charge in [0, 0.05) is 12.6 Å². The zero-order valence-electron chi connectivity index (χ0n) is 13.0. The number of hydrogen-bond acceptors (Lipinski definition) is 2. The van der Waals surface area contributed by atoms with Crippen LogP contribution in [-0.2, 0) is 11.2 Å². The van der Waals surface area contributed by atoms with Crippen molar-refractivity contribution in [2.24, 2.45) is 0 Å². The summed E-state index contributed by atoms with van der Waals surface area (Å²) >= 11 is 0. The zero-order chi connectivity index (χ0) is 14.8. The second-order valence-electron chi connectivity index (χ2n) is 5.18. The van der Waals surface area contributed by atoms with Crippen molar-refractivity contribution in [2.45, 2.75) is 58.6 Å². The molecule has 0 saturated carbocycles. The third-order valence-corrected chi connectivity index (χ3v) is 3.40. The van der Waals surface area contributed by atoms with Gasteiger partial charge in [0.15, 0.2) is 0 Å². The molecule has 0 aliphatic heterocycles. The Balaban J connectivity index is 2.75. The molecule has 1 aromatic rings. The maximum Gasteiger partial charge on any atom is 0.123 e. The Hall–Kier alpha value is -0.930. The van der Waals surface area contributed by atoms with Gasteiger partial charge in [-0.1, -0.05) is 32.4 Å². The van der Waals surface area contributed by atoms with E-state index in [0.29, 0.717) is 0 Å². The van der Waals surface area contributed by atoms with Crippen LogP contribution in [0.1, 0.15) is 45.6 Å². The van der Waals surface area contributed by atoms with Crippen molar-refractivity contribution >= 4 is 0 Å². The lowest BCUT2D eigenvalue weighted by molar-refractivity contribution is 0.0282. The maximum atomic E-state index is 13.3. The Kier molecular flexibility index (Phi) is 8.47. The van der Waals surface area contributed by atoms with Gasteiger partial charge < -0.3 is 10.1 Å². The van der Waals surface area contributed by atoms with Gasteiger partial charge in [-0.05, 0) is 50.4 Å². The molecular weight excluding hydrogens is 253 g/mol. The van der Waals surface area contributed by atoms with E-state index >= 15 is 0 Å². The van der Waals surface area contributed by atoms with Gasteiger partial charge in [-0.25, -0.2) is 4.39 Å². The summed E-state index contributed by atoms with van der Waals surface area (Å²) in [5.74, 6) is -0.166. The standard InChI is InChI=1S/C17H28FNO/c1-4-8-17(20-6-3)16(19-11-5-2)13-14-9-7-10-15(18)12-14/h7,9-10,12,16-17,19H,4-6,8,11,13H2,1-3H3. The molecule has 2 atom stereocenters. The molecule has 0 fully saturated rings.